The van der Waals surface area contributed by atoms with Gasteiger partial charge in [-0.1, -0.05) is 17.8 Å². The highest BCUT2D eigenvalue weighted by Crippen LogP contribution is 2.26. The lowest BCUT2D eigenvalue weighted by molar-refractivity contribution is -0.113. The summed E-state index contributed by atoms with van der Waals surface area (Å²) in [6.45, 7) is 0. The lowest BCUT2D eigenvalue weighted by atomic mass is 10.3. The molecule has 0 aliphatic heterocycles. The number of thioether (sulfide) groups is 1. The Morgan fingerprint density at radius 1 is 1.30 bits per heavy atom. The average molecular weight is 346 g/mol. The molecule has 0 spiro atoms. The Morgan fingerprint density at radius 2 is 2.09 bits per heavy atom. The highest BCUT2D eigenvalue weighted by molar-refractivity contribution is 7.99. The smallest absolute Gasteiger partial charge is 0.234 e. The lowest BCUT2D eigenvalue weighted by Gasteiger charge is -2.05. The third-order valence-corrected chi connectivity index (χ3v) is 4.95. The first-order valence-electron chi connectivity index (χ1n) is 6.78. The van der Waals surface area contributed by atoms with Crippen LogP contribution in [0, 0.1) is 0 Å². The second kappa shape index (κ2) is 6.84. The second-order valence-corrected chi connectivity index (χ2v) is 6.62. The second-order valence-electron chi connectivity index (χ2n) is 4.73. The molecule has 0 fully saturated rings. The zero-order valence-corrected chi connectivity index (χ0v) is 13.9. The number of carbonyl (C=O) groups is 1. The topological polar surface area (TPSA) is 80.0 Å². The van der Waals surface area contributed by atoms with Crippen LogP contribution >= 0.6 is 23.1 Å². The molecular weight excluding hydrogens is 332 g/mol. The molecule has 2 N–H and O–H groups in total. The van der Waals surface area contributed by atoms with Crippen molar-refractivity contribution >= 4 is 34.7 Å². The van der Waals surface area contributed by atoms with Crippen molar-refractivity contribution in [3.63, 3.8) is 0 Å². The van der Waals surface area contributed by atoms with E-state index in [4.69, 9.17) is 0 Å². The maximum atomic E-state index is 12.0. The normalized spacial score (nSPS) is 10.7. The number of carbonyl (C=O) groups excluding carboxylic acids is 1. The van der Waals surface area contributed by atoms with Crippen LogP contribution < -0.4 is 5.32 Å². The number of phenols is 1. The minimum atomic E-state index is -0.138. The molecule has 3 rings (SSSR count). The summed E-state index contributed by atoms with van der Waals surface area (Å²) in [4.78, 5) is 13.0. The van der Waals surface area contributed by atoms with Crippen LogP contribution in [0.25, 0.3) is 10.7 Å². The average Bonchev–Trinajstić information content (AvgIpc) is 3.17. The summed E-state index contributed by atoms with van der Waals surface area (Å²) in [5.41, 5.74) is 0.644. The molecule has 1 aromatic carbocycles. The van der Waals surface area contributed by atoms with E-state index >= 15 is 0 Å². The number of hydrogen-bond acceptors (Lipinski definition) is 6. The van der Waals surface area contributed by atoms with Gasteiger partial charge >= 0.3 is 0 Å². The van der Waals surface area contributed by atoms with Crippen LogP contribution in [0.5, 0.6) is 5.75 Å². The third kappa shape index (κ3) is 3.72. The van der Waals surface area contributed by atoms with E-state index in [1.54, 1.807) is 23.5 Å². The molecular formula is C15H14N4O2S2. The van der Waals surface area contributed by atoms with Crippen molar-refractivity contribution < 1.29 is 9.90 Å². The van der Waals surface area contributed by atoms with Gasteiger partial charge in [0.05, 0.1) is 10.6 Å². The summed E-state index contributed by atoms with van der Waals surface area (Å²) in [5.74, 6) is 1.05. The molecule has 2 heterocycles. The first-order valence-corrected chi connectivity index (χ1v) is 8.65. The van der Waals surface area contributed by atoms with Crippen LogP contribution in [-0.2, 0) is 11.8 Å². The molecule has 0 saturated heterocycles. The van der Waals surface area contributed by atoms with E-state index in [-0.39, 0.29) is 17.4 Å². The van der Waals surface area contributed by atoms with Gasteiger partial charge in [0.2, 0.25) is 5.91 Å². The fourth-order valence-corrected chi connectivity index (χ4v) is 3.39. The number of thiophene rings is 1. The molecule has 6 nitrogen and oxygen atoms in total. The van der Waals surface area contributed by atoms with Gasteiger partial charge in [-0.3, -0.25) is 4.79 Å². The van der Waals surface area contributed by atoms with Gasteiger partial charge in [0.1, 0.15) is 5.75 Å². The van der Waals surface area contributed by atoms with Crippen LogP contribution in [0.1, 0.15) is 0 Å². The highest BCUT2D eigenvalue weighted by atomic mass is 32.2. The number of aromatic hydroxyl groups is 1. The number of nitrogens with zero attached hydrogens (tertiary/aromatic N) is 3. The van der Waals surface area contributed by atoms with Crippen molar-refractivity contribution in [2.75, 3.05) is 11.1 Å². The number of amides is 1. The van der Waals surface area contributed by atoms with Crippen molar-refractivity contribution in [3.05, 3.63) is 41.8 Å². The van der Waals surface area contributed by atoms with Gasteiger partial charge < -0.3 is 15.0 Å². The van der Waals surface area contributed by atoms with Gasteiger partial charge in [-0.15, -0.1) is 21.5 Å². The Bertz CT molecular complexity index is 798. The van der Waals surface area contributed by atoms with Gasteiger partial charge in [-0.2, -0.15) is 0 Å². The van der Waals surface area contributed by atoms with Gasteiger partial charge in [-0.25, -0.2) is 0 Å². The molecule has 0 unspecified atom stereocenters. The molecule has 0 aliphatic rings. The maximum Gasteiger partial charge on any atom is 0.234 e. The van der Waals surface area contributed by atoms with E-state index in [1.165, 1.54) is 23.9 Å². The Morgan fingerprint density at radius 3 is 2.78 bits per heavy atom. The molecule has 0 atom stereocenters. The molecule has 0 bridgehead atoms. The number of nitrogens with one attached hydrogen (secondary N) is 1. The number of anilines is 1. The molecule has 23 heavy (non-hydrogen) atoms. The molecule has 0 radical (unpaired) electrons. The first-order chi connectivity index (χ1) is 11.1. The quantitative estimate of drug-likeness (QED) is 0.548. The predicted molar refractivity (Wildman–Crippen MR) is 91.8 cm³/mol. The number of rotatable bonds is 5. The largest absolute Gasteiger partial charge is 0.508 e. The van der Waals surface area contributed by atoms with Crippen LogP contribution in [0.3, 0.4) is 0 Å². The SMILES string of the molecule is Cn1c(SCC(=O)Nc2ccc(O)cc2)nnc1-c1cccs1. The van der Waals surface area contributed by atoms with Crippen molar-refractivity contribution in [3.8, 4) is 16.5 Å². The fraction of sp³-hybridized carbons (Fsp3) is 0.133. The zero-order chi connectivity index (χ0) is 16.2. The molecule has 3 aromatic rings. The monoisotopic (exact) mass is 346 g/mol. The Hall–Kier alpha value is -2.32. The van der Waals surface area contributed by atoms with Crippen molar-refractivity contribution in [1.82, 2.24) is 14.8 Å². The number of phenolic OH excluding ortho intramolecular Hbond substituents is 1. The summed E-state index contributed by atoms with van der Waals surface area (Å²) in [5, 5.41) is 23.0. The summed E-state index contributed by atoms with van der Waals surface area (Å²) >= 11 is 2.93. The predicted octanol–water partition coefficient (Wildman–Crippen LogP) is 2.98. The van der Waals surface area contributed by atoms with Crippen molar-refractivity contribution in [1.29, 1.82) is 0 Å². The number of benzene rings is 1. The van der Waals surface area contributed by atoms with Gasteiger partial charge in [0.15, 0.2) is 11.0 Å². The maximum absolute atomic E-state index is 12.0. The van der Waals surface area contributed by atoms with Crippen LogP contribution in [-0.4, -0.2) is 31.5 Å². The summed E-state index contributed by atoms with van der Waals surface area (Å²) in [6, 6.07) is 10.3. The number of aromatic nitrogens is 3. The molecule has 0 aliphatic carbocycles. The Kier molecular flexibility index (Phi) is 4.63. The van der Waals surface area contributed by atoms with Gasteiger partial charge in [0, 0.05) is 12.7 Å². The van der Waals surface area contributed by atoms with E-state index in [1.807, 2.05) is 29.1 Å². The minimum Gasteiger partial charge on any atom is -0.508 e. The van der Waals surface area contributed by atoms with Crippen LogP contribution in [0.2, 0.25) is 0 Å². The summed E-state index contributed by atoms with van der Waals surface area (Å²) in [6.07, 6.45) is 0. The first kappa shape index (κ1) is 15.6. The van der Waals surface area contributed by atoms with E-state index in [0.29, 0.717) is 10.8 Å². The molecule has 2 aromatic heterocycles. The fourth-order valence-electron chi connectivity index (χ4n) is 1.93. The van der Waals surface area contributed by atoms with Gasteiger partial charge in [-0.05, 0) is 35.7 Å². The third-order valence-electron chi connectivity index (χ3n) is 3.06. The molecule has 0 saturated carbocycles. The Balaban J connectivity index is 1.60. The van der Waals surface area contributed by atoms with Crippen molar-refractivity contribution in [2.24, 2.45) is 7.05 Å². The van der Waals surface area contributed by atoms with E-state index in [9.17, 15) is 9.90 Å². The summed E-state index contributed by atoms with van der Waals surface area (Å²) < 4.78 is 1.88. The molecule has 8 heteroatoms. The van der Waals surface area contributed by atoms with Crippen LogP contribution in [0.4, 0.5) is 5.69 Å². The molecule has 1 amide bonds. The number of hydrogen-bond donors (Lipinski definition) is 2. The van der Waals surface area contributed by atoms with E-state index < -0.39 is 0 Å². The van der Waals surface area contributed by atoms with E-state index in [0.717, 1.165) is 10.7 Å². The Labute approximate surface area is 141 Å². The van der Waals surface area contributed by atoms with Crippen molar-refractivity contribution in [2.45, 2.75) is 5.16 Å². The minimum absolute atomic E-state index is 0.138. The van der Waals surface area contributed by atoms with Gasteiger partial charge in [0.25, 0.3) is 0 Å². The van der Waals surface area contributed by atoms with E-state index in [2.05, 4.69) is 15.5 Å². The zero-order valence-electron chi connectivity index (χ0n) is 12.3. The summed E-state index contributed by atoms with van der Waals surface area (Å²) in [7, 11) is 1.88. The molecule has 118 valence electrons. The van der Waals surface area contributed by atoms with Crippen LogP contribution in [0.15, 0.2) is 46.9 Å². The standard InChI is InChI=1S/C15H14N4O2S2/c1-19-14(12-3-2-8-22-12)17-18-15(19)23-9-13(21)16-10-4-6-11(20)7-5-10/h2-8,20H,9H2,1H3,(H,16,21). The highest BCUT2D eigenvalue weighted by Gasteiger charge is 2.13. The lowest BCUT2D eigenvalue weighted by Crippen LogP contribution is -2.14.